The smallest absolute Gasteiger partial charge is 0.238 e. The van der Waals surface area contributed by atoms with Gasteiger partial charge in [0.2, 0.25) is 5.95 Å². The summed E-state index contributed by atoms with van der Waals surface area (Å²) in [5, 5.41) is 6.70. The van der Waals surface area contributed by atoms with Gasteiger partial charge in [0.25, 0.3) is 0 Å². The van der Waals surface area contributed by atoms with Gasteiger partial charge in [-0.15, -0.1) is 0 Å². The quantitative estimate of drug-likeness (QED) is 0.168. The fourth-order valence-electron chi connectivity index (χ4n) is 8.74. The van der Waals surface area contributed by atoms with Crippen LogP contribution in [0.1, 0.15) is 20.3 Å². The molecule has 0 atom stereocenters. The van der Waals surface area contributed by atoms with Crippen LogP contribution in [0.3, 0.4) is 0 Å². The van der Waals surface area contributed by atoms with Crippen molar-refractivity contribution in [2.45, 2.75) is 20.3 Å². The summed E-state index contributed by atoms with van der Waals surface area (Å²) in [7, 11) is 0. The van der Waals surface area contributed by atoms with E-state index < -0.39 is 0 Å². The SMILES string of the molecule is CCC.c1ccc(-c2ccc(-c3nc(-c4ccc(-c5ccccc5)cc4)nc(-n4c5cc6ccccc6cc5c5cccc(-c6cccc7c6oc6ccccc67)c54)n3)cc2)cc1. The lowest BCUT2D eigenvalue weighted by Gasteiger charge is -2.14. The lowest BCUT2D eigenvalue weighted by atomic mass is 9.99. The average Bonchev–Trinajstić information content (AvgIpc) is 3.90. The Bertz CT molecular complexity index is 3490. The van der Waals surface area contributed by atoms with Crippen LogP contribution in [0, 0.1) is 0 Å². The average molecular weight is 811 g/mol. The Kier molecular flexibility index (Phi) is 9.63. The molecule has 3 aromatic heterocycles. The normalized spacial score (nSPS) is 11.4. The molecule has 300 valence electrons. The zero-order chi connectivity index (χ0) is 42.3. The van der Waals surface area contributed by atoms with E-state index in [0.29, 0.717) is 17.6 Å². The predicted octanol–water partition coefficient (Wildman–Crippen LogP) is 15.8. The fraction of sp³-hybridized carbons (Fsp3) is 0.0517. The van der Waals surface area contributed by atoms with Gasteiger partial charge in [0.1, 0.15) is 11.2 Å². The number of rotatable bonds is 6. The molecule has 3 heterocycles. The molecule has 0 N–H and O–H groups in total. The molecule has 0 amide bonds. The zero-order valence-corrected chi connectivity index (χ0v) is 35.0. The number of fused-ring (bicyclic) bond motifs is 7. The molecule has 5 heteroatoms. The van der Waals surface area contributed by atoms with E-state index in [1.165, 1.54) is 11.8 Å². The number of nitrogens with zero attached hydrogens (tertiary/aromatic N) is 4. The molecule has 5 nitrogen and oxygen atoms in total. The third-order valence-corrected chi connectivity index (χ3v) is 11.7. The number of para-hydroxylation sites is 3. The van der Waals surface area contributed by atoms with E-state index >= 15 is 0 Å². The summed E-state index contributed by atoms with van der Waals surface area (Å²) < 4.78 is 8.89. The van der Waals surface area contributed by atoms with Gasteiger partial charge in [-0.25, -0.2) is 4.98 Å². The number of benzene rings is 9. The summed E-state index contributed by atoms with van der Waals surface area (Å²) in [6.45, 7) is 4.25. The van der Waals surface area contributed by atoms with Gasteiger partial charge in [-0.1, -0.05) is 208 Å². The molecule has 0 saturated carbocycles. The minimum absolute atomic E-state index is 0.536. The molecule has 63 heavy (non-hydrogen) atoms. The first-order chi connectivity index (χ1) is 31.1. The molecular formula is C58H42N4O. The largest absolute Gasteiger partial charge is 0.455 e. The number of furan rings is 1. The predicted molar refractivity (Wildman–Crippen MR) is 262 cm³/mol. The highest BCUT2D eigenvalue weighted by Gasteiger charge is 2.23. The van der Waals surface area contributed by atoms with Crippen LogP contribution in [0.25, 0.3) is 117 Å². The van der Waals surface area contributed by atoms with Crippen LogP contribution < -0.4 is 0 Å². The maximum absolute atomic E-state index is 6.66. The summed E-state index contributed by atoms with van der Waals surface area (Å²) >= 11 is 0. The maximum atomic E-state index is 6.66. The van der Waals surface area contributed by atoms with Crippen LogP contribution in [-0.2, 0) is 0 Å². The van der Waals surface area contributed by atoms with E-state index in [-0.39, 0.29) is 0 Å². The molecule has 0 fully saturated rings. The highest BCUT2D eigenvalue weighted by molar-refractivity contribution is 6.19. The van der Waals surface area contributed by atoms with Gasteiger partial charge in [0.15, 0.2) is 11.6 Å². The van der Waals surface area contributed by atoms with Gasteiger partial charge in [0.05, 0.1) is 11.0 Å². The van der Waals surface area contributed by atoms with Gasteiger partial charge in [0, 0.05) is 43.8 Å². The van der Waals surface area contributed by atoms with Crippen molar-refractivity contribution in [1.82, 2.24) is 19.5 Å². The van der Waals surface area contributed by atoms with Gasteiger partial charge in [-0.3, -0.25) is 4.57 Å². The second-order valence-corrected chi connectivity index (χ2v) is 15.9. The Balaban J connectivity index is 0.00000144. The first-order valence-electron chi connectivity index (χ1n) is 21.6. The van der Waals surface area contributed by atoms with E-state index in [0.717, 1.165) is 93.6 Å². The summed E-state index contributed by atoms with van der Waals surface area (Å²) in [5.41, 5.74) is 12.1. The van der Waals surface area contributed by atoms with Crippen molar-refractivity contribution in [3.05, 3.63) is 206 Å². The maximum Gasteiger partial charge on any atom is 0.238 e. The van der Waals surface area contributed by atoms with Crippen LogP contribution in [0.4, 0.5) is 0 Å². The van der Waals surface area contributed by atoms with Crippen molar-refractivity contribution in [3.8, 4) is 62.1 Å². The van der Waals surface area contributed by atoms with Crippen LogP contribution >= 0.6 is 0 Å². The molecule has 0 saturated heterocycles. The van der Waals surface area contributed by atoms with E-state index in [1.54, 1.807) is 0 Å². The molecule has 0 radical (unpaired) electrons. The Morgan fingerprint density at radius 1 is 0.397 bits per heavy atom. The Morgan fingerprint density at radius 2 is 0.873 bits per heavy atom. The van der Waals surface area contributed by atoms with Crippen LogP contribution in [-0.4, -0.2) is 19.5 Å². The molecule has 0 unspecified atom stereocenters. The molecule has 0 spiro atoms. The zero-order valence-electron chi connectivity index (χ0n) is 35.0. The lowest BCUT2D eigenvalue weighted by molar-refractivity contribution is 0.670. The lowest BCUT2D eigenvalue weighted by Crippen LogP contribution is -2.07. The third-order valence-electron chi connectivity index (χ3n) is 11.7. The third kappa shape index (κ3) is 6.81. The summed E-state index contributed by atoms with van der Waals surface area (Å²) in [6.07, 6.45) is 1.25. The highest BCUT2D eigenvalue weighted by atomic mass is 16.3. The van der Waals surface area contributed by atoms with E-state index in [2.05, 4.69) is 200 Å². The van der Waals surface area contributed by atoms with E-state index in [9.17, 15) is 0 Å². The Labute approximate surface area is 365 Å². The fourth-order valence-corrected chi connectivity index (χ4v) is 8.74. The minimum atomic E-state index is 0.536. The van der Waals surface area contributed by atoms with Crippen molar-refractivity contribution in [1.29, 1.82) is 0 Å². The highest BCUT2D eigenvalue weighted by Crippen LogP contribution is 2.43. The molecule has 0 aliphatic heterocycles. The number of hydrogen-bond donors (Lipinski definition) is 0. The second kappa shape index (κ2) is 16.0. The van der Waals surface area contributed by atoms with E-state index in [4.69, 9.17) is 19.4 Å². The summed E-state index contributed by atoms with van der Waals surface area (Å²) in [6, 6.07) is 72.1. The van der Waals surface area contributed by atoms with Crippen LogP contribution in [0.5, 0.6) is 0 Å². The Hall–Kier alpha value is -8.15. The molecule has 12 rings (SSSR count). The Morgan fingerprint density at radius 3 is 1.49 bits per heavy atom. The van der Waals surface area contributed by atoms with Crippen LogP contribution in [0.2, 0.25) is 0 Å². The van der Waals surface area contributed by atoms with Crippen molar-refractivity contribution in [3.63, 3.8) is 0 Å². The van der Waals surface area contributed by atoms with E-state index in [1.807, 2.05) is 24.3 Å². The number of hydrogen-bond acceptors (Lipinski definition) is 4. The topological polar surface area (TPSA) is 56.7 Å². The first kappa shape index (κ1) is 37.8. The van der Waals surface area contributed by atoms with Crippen LogP contribution in [0.15, 0.2) is 211 Å². The summed E-state index contributed by atoms with van der Waals surface area (Å²) in [5.74, 6) is 1.72. The first-order valence-corrected chi connectivity index (χ1v) is 21.6. The second-order valence-electron chi connectivity index (χ2n) is 15.9. The number of aromatic nitrogens is 4. The molecule has 12 aromatic rings. The summed E-state index contributed by atoms with van der Waals surface area (Å²) in [4.78, 5) is 15.9. The monoisotopic (exact) mass is 810 g/mol. The minimum Gasteiger partial charge on any atom is -0.455 e. The van der Waals surface area contributed by atoms with Crippen molar-refractivity contribution >= 4 is 54.5 Å². The van der Waals surface area contributed by atoms with Crippen molar-refractivity contribution < 1.29 is 4.42 Å². The molecule has 0 bridgehead atoms. The molecular weight excluding hydrogens is 769 g/mol. The van der Waals surface area contributed by atoms with Gasteiger partial charge in [-0.2, -0.15) is 9.97 Å². The van der Waals surface area contributed by atoms with Crippen molar-refractivity contribution in [2.75, 3.05) is 0 Å². The van der Waals surface area contributed by atoms with Gasteiger partial charge < -0.3 is 4.42 Å². The standard InChI is InChI=1S/C55H34N4O.C3H8/c1-3-13-35(14-4-1)37-25-29-39(30-26-37)53-56-54(40-31-27-38(28-32-40)36-15-5-2-6-16-36)58-55(57-53)59-49-34-42-18-8-7-17-41(42)33-48(49)45-21-11-20-44(51(45)59)47-23-12-22-46-43-19-9-10-24-50(43)60-52(46)47;1-3-2/h1-34H;3H2,1-2H3. The van der Waals surface area contributed by atoms with Gasteiger partial charge >= 0.3 is 0 Å². The van der Waals surface area contributed by atoms with Crippen molar-refractivity contribution in [2.24, 2.45) is 0 Å². The molecule has 9 aromatic carbocycles. The molecule has 0 aliphatic carbocycles. The van der Waals surface area contributed by atoms with Gasteiger partial charge in [-0.05, 0) is 51.2 Å². The molecule has 0 aliphatic rings.